The van der Waals surface area contributed by atoms with Crippen molar-refractivity contribution in [1.29, 1.82) is 0 Å². The van der Waals surface area contributed by atoms with E-state index >= 15 is 0 Å². The number of alkyl halides is 3. The van der Waals surface area contributed by atoms with E-state index in [1.807, 2.05) is 0 Å². The van der Waals surface area contributed by atoms with Gasteiger partial charge < -0.3 is 15.2 Å². The largest absolute Gasteiger partial charge is 0.478 e. The number of carboxylic acid groups (broad SMARTS) is 1. The molecule has 0 aliphatic heterocycles. The van der Waals surface area contributed by atoms with E-state index in [1.54, 1.807) is 31.2 Å². The lowest BCUT2D eigenvalue weighted by molar-refractivity contribution is -0.152. The van der Waals surface area contributed by atoms with E-state index < -0.39 is 46.6 Å². The summed E-state index contributed by atoms with van der Waals surface area (Å²) in [6.07, 6.45) is -4.37. The zero-order chi connectivity index (χ0) is 22.7. The molecule has 2 N–H and O–H groups in total. The Kier molecular flexibility index (Phi) is 6.74. The molecule has 0 spiro atoms. The summed E-state index contributed by atoms with van der Waals surface area (Å²) < 4.78 is 57.6. The van der Waals surface area contributed by atoms with Gasteiger partial charge in [-0.2, -0.15) is 13.2 Å². The standard InChI is InChI=1S/C21H21F4NO4/c1-12(10-13-4-7-15(8-5-13)30-20(2,3)19(28)29)26-18(27)16-11-14(21(23,24)25)6-9-17(16)22/h4-9,11-12H,10H2,1-3H3,(H,26,27)(H,28,29). The SMILES string of the molecule is CC(Cc1ccc(OC(C)(C)C(=O)O)cc1)NC(=O)c1cc(C(F)(F)F)ccc1F. The van der Waals surface area contributed by atoms with Crippen molar-refractivity contribution in [2.75, 3.05) is 0 Å². The molecule has 1 atom stereocenters. The number of ether oxygens (including phenoxy) is 1. The van der Waals surface area contributed by atoms with Gasteiger partial charge in [-0.25, -0.2) is 9.18 Å². The number of carbonyl (C=O) groups is 2. The monoisotopic (exact) mass is 427 g/mol. The Labute approximate surface area is 170 Å². The fourth-order valence-electron chi connectivity index (χ4n) is 2.61. The lowest BCUT2D eigenvalue weighted by atomic mass is 10.1. The molecule has 0 bridgehead atoms. The molecule has 1 unspecified atom stereocenters. The van der Waals surface area contributed by atoms with Crippen LogP contribution in [0.3, 0.4) is 0 Å². The normalized spacial score (nSPS) is 12.9. The zero-order valence-electron chi connectivity index (χ0n) is 16.5. The highest BCUT2D eigenvalue weighted by Crippen LogP contribution is 2.30. The molecule has 0 aliphatic rings. The van der Waals surface area contributed by atoms with Gasteiger partial charge in [-0.15, -0.1) is 0 Å². The Hall–Kier alpha value is -3.10. The molecule has 0 radical (unpaired) electrons. The van der Waals surface area contributed by atoms with Gasteiger partial charge in [-0.05, 0) is 63.1 Å². The number of amides is 1. The summed E-state index contributed by atoms with van der Waals surface area (Å²) in [5.74, 6) is -2.77. The highest BCUT2D eigenvalue weighted by atomic mass is 19.4. The number of aliphatic carboxylic acids is 1. The van der Waals surface area contributed by atoms with Crippen LogP contribution in [0.2, 0.25) is 0 Å². The summed E-state index contributed by atoms with van der Waals surface area (Å²) >= 11 is 0. The van der Waals surface area contributed by atoms with Crippen molar-refractivity contribution < 1.29 is 37.0 Å². The lowest BCUT2D eigenvalue weighted by Crippen LogP contribution is -2.37. The molecule has 5 nitrogen and oxygen atoms in total. The number of carboxylic acids is 1. The first-order valence-electron chi connectivity index (χ1n) is 8.98. The van der Waals surface area contributed by atoms with Crippen LogP contribution < -0.4 is 10.1 Å². The maximum Gasteiger partial charge on any atom is 0.416 e. The van der Waals surface area contributed by atoms with E-state index in [0.29, 0.717) is 30.4 Å². The van der Waals surface area contributed by atoms with Crippen molar-refractivity contribution >= 4 is 11.9 Å². The van der Waals surface area contributed by atoms with Crippen LogP contribution in [0.15, 0.2) is 42.5 Å². The smallest absolute Gasteiger partial charge is 0.416 e. The summed E-state index contributed by atoms with van der Waals surface area (Å²) in [7, 11) is 0. The van der Waals surface area contributed by atoms with Gasteiger partial charge in [0.25, 0.3) is 5.91 Å². The van der Waals surface area contributed by atoms with E-state index in [2.05, 4.69) is 5.32 Å². The van der Waals surface area contributed by atoms with Crippen LogP contribution in [0.5, 0.6) is 5.75 Å². The lowest BCUT2D eigenvalue weighted by Gasteiger charge is -2.21. The van der Waals surface area contributed by atoms with Gasteiger partial charge in [0.2, 0.25) is 0 Å². The van der Waals surface area contributed by atoms with Crippen molar-refractivity contribution in [2.45, 2.75) is 45.0 Å². The Balaban J connectivity index is 2.03. The van der Waals surface area contributed by atoms with Gasteiger partial charge in [0.15, 0.2) is 5.60 Å². The molecule has 2 aromatic carbocycles. The third-order valence-electron chi connectivity index (χ3n) is 4.27. The van der Waals surface area contributed by atoms with Crippen molar-refractivity contribution in [3.05, 3.63) is 65.0 Å². The summed E-state index contributed by atoms with van der Waals surface area (Å²) in [6, 6.07) is 7.63. The first-order chi connectivity index (χ1) is 13.8. The third-order valence-corrected chi connectivity index (χ3v) is 4.27. The summed E-state index contributed by atoms with van der Waals surface area (Å²) in [6.45, 7) is 4.45. The van der Waals surface area contributed by atoms with Crippen molar-refractivity contribution in [1.82, 2.24) is 5.32 Å². The number of carbonyl (C=O) groups excluding carboxylic acids is 1. The second-order valence-corrected chi connectivity index (χ2v) is 7.33. The maximum atomic E-state index is 13.8. The van der Waals surface area contributed by atoms with Gasteiger partial charge in [0, 0.05) is 6.04 Å². The van der Waals surface area contributed by atoms with Crippen LogP contribution in [0.25, 0.3) is 0 Å². The second-order valence-electron chi connectivity index (χ2n) is 7.33. The first kappa shape index (κ1) is 23.2. The fourth-order valence-corrected chi connectivity index (χ4v) is 2.61. The van der Waals surface area contributed by atoms with Gasteiger partial charge >= 0.3 is 12.1 Å². The van der Waals surface area contributed by atoms with E-state index in [1.165, 1.54) is 13.8 Å². The van der Waals surface area contributed by atoms with Gasteiger partial charge in [0.1, 0.15) is 11.6 Å². The highest BCUT2D eigenvalue weighted by molar-refractivity contribution is 5.94. The minimum Gasteiger partial charge on any atom is -0.478 e. The van der Waals surface area contributed by atoms with Gasteiger partial charge in [0.05, 0.1) is 11.1 Å². The molecular formula is C21H21F4NO4. The van der Waals surface area contributed by atoms with Gasteiger partial charge in [-0.3, -0.25) is 4.79 Å². The number of hydrogen-bond acceptors (Lipinski definition) is 3. The Morgan fingerprint density at radius 3 is 2.23 bits per heavy atom. The molecule has 0 aromatic heterocycles. The summed E-state index contributed by atoms with van der Waals surface area (Å²) in [5, 5.41) is 11.6. The zero-order valence-corrected chi connectivity index (χ0v) is 16.5. The first-order valence-corrected chi connectivity index (χ1v) is 8.98. The number of nitrogens with one attached hydrogen (secondary N) is 1. The minimum absolute atomic E-state index is 0.314. The molecular weight excluding hydrogens is 406 g/mol. The van der Waals surface area contributed by atoms with Crippen LogP contribution in [-0.2, 0) is 17.4 Å². The molecule has 30 heavy (non-hydrogen) atoms. The Morgan fingerprint density at radius 2 is 1.70 bits per heavy atom. The number of hydrogen-bond donors (Lipinski definition) is 2. The minimum atomic E-state index is -4.69. The summed E-state index contributed by atoms with van der Waals surface area (Å²) in [5.41, 5.74) is -2.44. The Bertz CT molecular complexity index is 924. The third kappa shape index (κ3) is 5.95. The van der Waals surface area contributed by atoms with E-state index in [9.17, 15) is 27.2 Å². The van der Waals surface area contributed by atoms with Crippen LogP contribution in [0.4, 0.5) is 17.6 Å². The van der Waals surface area contributed by atoms with Crippen LogP contribution in [-0.4, -0.2) is 28.6 Å². The number of benzene rings is 2. The second kappa shape index (κ2) is 8.73. The molecule has 0 heterocycles. The van der Waals surface area contributed by atoms with E-state index in [4.69, 9.17) is 9.84 Å². The molecule has 0 saturated heterocycles. The van der Waals surface area contributed by atoms with Crippen molar-refractivity contribution in [3.63, 3.8) is 0 Å². The number of halogens is 4. The van der Waals surface area contributed by atoms with E-state index in [-0.39, 0.29) is 0 Å². The van der Waals surface area contributed by atoms with Crippen LogP contribution >= 0.6 is 0 Å². The molecule has 0 aliphatic carbocycles. The predicted octanol–water partition coefficient (Wildman–Crippen LogP) is 4.45. The molecule has 9 heteroatoms. The van der Waals surface area contributed by atoms with Crippen molar-refractivity contribution in [3.8, 4) is 5.75 Å². The molecule has 162 valence electrons. The predicted molar refractivity (Wildman–Crippen MR) is 101 cm³/mol. The molecule has 2 rings (SSSR count). The van der Waals surface area contributed by atoms with E-state index in [0.717, 1.165) is 5.56 Å². The molecule has 2 aromatic rings. The molecule has 1 amide bonds. The molecule has 0 saturated carbocycles. The average molecular weight is 427 g/mol. The van der Waals surface area contributed by atoms with Crippen LogP contribution in [0, 0.1) is 5.82 Å². The fraction of sp³-hybridized carbons (Fsp3) is 0.333. The quantitative estimate of drug-likeness (QED) is 0.641. The van der Waals surface area contributed by atoms with Crippen LogP contribution in [0.1, 0.15) is 42.3 Å². The Morgan fingerprint density at radius 1 is 1.10 bits per heavy atom. The van der Waals surface area contributed by atoms with Gasteiger partial charge in [-0.1, -0.05) is 12.1 Å². The number of rotatable bonds is 7. The molecule has 0 fully saturated rings. The maximum absolute atomic E-state index is 13.8. The topological polar surface area (TPSA) is 75.6 Å². The average Bonchev–Trinajstić information content (AvgIpc) is 2.62. The highest BCUT2D eigenvalue weighted by Gasteiger charge is 2.32. The summed E-state index contributed by atoms with van der Waals surface area (Å²) in [4.78, 5) is 23.3. The van der Waals surface area contributed by atoms with Crippen molar-refractivity contribution in [2.24, 2.45) is 0 Å².